The Balaban J connectivity index is 1.57. The summed E-state index contributed by atoms with van der Waals surface area (Å²) in [6.45, 7) is 2.35. The maximum Gasteiger partial charge on any atom is 0.264 e. The summed E-state index contributed by atoms with van der Waals surface area (Å²) in [5.41, 5.74) is 2.11. The number of nitrogens with one attached hydrogen (secondary N) is 2. The Morgan fingerprint density at radius 1 is 1.07 bits per heavy atom. The van der Waals surface area contributed by atoms with E-state index in [4.69, 9.17) is 0 Å². The fraction of sp³-hybridized carbons (Fsp3) is 0.273. The van der Waals surface area contributed by atoms with E-state index in [-0.39, 0.29) is 29.7 Å². The maximum atomic E-state index is 14.6. The number of amides is 4. The maximum absolute atomic E-state index is 14.6. The number of nitrogens with zero attached hydrogens (tertiary/aromatic N) is 1. The van der Waals surface area contributed by atoms with Crippen molar-refractivity contribution in [1.82, 2.24) is 10.2 Å². The lowest BCUT2D eigenvalue weighted by atomic mass is 10.0. The Morgan fingerprint density at radius 3 is 2.50 bits per heavy atom. The van der Waals surface area contributed by atoms with Gasteiger partial charge in [0.05, 0.1) is 16.8 Å². The molecule has 2 N–H and O–H groups in total. The number of hydrogen-bond acceptors (Lipinski definition) is 5. The van der Waals surface area contributed by atoms with E-state index in [1.54, 1.807) is 0 Å². The zero-order chi connectivity index (χ0) is 21.4. The fourth-order valence-electron chi connectivity index (χ4n) is 3.79. The molecule has 1 unspecified atom stereocenters. The first kappa shape index (κ1) is 19.8. The summed E-state index contributed by atoms with van der Waals surface area (Å²) < 4.78 is 14.6. The Bertz CT molecular complexity index is 1060. The molecule has 0 bridgehead atoms. The van der Waals surface area contributed by atoms with Crippen LogP contribution >= 0.6 is 0 Å². The minimum Gasteiger partial charge on any atom is -0.382 e. The van der Waals surface area contributed by atoms with Crippen molar-refractivity contribution in [2.24, 2.45) is 0 Å². The molecule has 2 aromatic carbocycles. The van der Waals surface area contributed by atoms with Gasteiger partial charge in [0, 0.05) is 13.0 Å². The average Bonchev–Trinajstić information content (AvgIpc) is 2.96. The lowest BCUT2D eigenvalue weighted by molar-refractivity contribution is -0.136. The van der Waals surface area contributed by atoms with E-state index in [1.807, 2.05) is 31.2 Å². The van der Waals surface area contributed by atoms with Crippen molar-refractivity contribution >= 4 is 29.3 Å². The Morgan fingerprint density at radius 2 is 1.80 bits per heavy atom. The highest BCUT2D eigenvalue weighted by molar-refractivity contribution is 6.25. The fourth-order valence-corrected chi connectivity index (χ4v) is 3.79. The van der Waals surface area contributed by atoms with Crippen molar-refractivity contribution in [3.8, 4) is 0 Å². The molecule has 7 nitrogen and oxygen atoms in total. The minimum atomic E-state index is -1.08. The zero-order valence-corrected chi connectivity index (χ0v) is 16.3. The van der Waals surface area contributed by atoms with Gasteiger partial charge in [-0.25, -0.2) is 4.39 Å². The first-order chi connectivity index (χ1) is 14.4. The molecule has 0 aliphatic carbocycles. The summed E-state index contributed by atoms with van der Waals surface area (Å²) in [5, 5.41) is 5.08. The van der Waals surface area contributed by atoms with Crippen molar-refractivity contribution in [3.05, 3.63) is 64.5 Å². The van der Waals surface area contributed by atoms with E-state index in [9.17, 15) is 23.6 Å². The molecular formula is C22H20FN3O4. The van der Waals surface area contributed by atoms with Gasteiger partial charge in [0.25, 0.3) is 11.8 Å². The summed E-state index contributed by atoms with van der Waals surface area (Å²) in [5.74, 6) is -3.19. The molecule has 4 rings (SSSR count). The van der Waals surface area contributed by atoms with Crippen LogP contribution in [0.3, 0.4) is 0 Å². The molecule has 0 saturated carbocycles. The third kappa shape index (κ3) is 3.45. The molecule has 4 amide bonds. The molecule has 1 fully saturated rings. The number of anilines is 1. The molecule has 2 aliphatic heterocycles. The predicted octanol–water partition coefficient (Wildman–Crippen LogP) is 2.19. The number of hydrogen-bond donors (Lipinski definition) is 2. The summed E-state index contributed by atoms with van der Waals surface area (Å²) in [6, 6.07) is 9.21. The Hall–Kier alpha value is -3.55. The lowest BCUT2D eigenvalue weighted by Crippen LogP contribution is -2.54. The lowest BCUT2D eigenvalue weighted by Gasteiger charge is -2.27. The van der Waals surface area contributed by atoms with Crippen molar-refractivity contribution in [3.63, 3.8) is 0 Å². The summed E-state index contributed by atoms with van der Waals surface area (Å²) in [7, 11) is 0. The third-order valence-corrected chi connectivity index (χ3v) is 5.39. The molecule has 1 atom stereocenters. The SMILES string of the molecule is Cc1ccc(CCNc2c(F)ccc3c2C(=O)N(C2CCC(=O)NC2=O)C3=O)cc1. The number of rotatable bonds is 5. The van der Waals surface area contributed by atoms with Crippen LogP contribution in [0.25, 0.3) is 0 Å². The van der Waals surface area contributed by atoms with Crippen LogP contribution in [0.5, 0.6) is 0 Å². The van der Waals surface area contributed by atoms with E-state index < -0.39 is 35.5 Å². The van der Waals surface area contributed by atoms with Crippen LogP contribution in [-0.4, -0.2) is 41.1 Å². The average molecular weight is 409 g/mol. The van der Waals surface area contributed by atoms with Crippen LogP contribution in [0.2, 0.25) is 0 Å². The van der Waals surface area contributed by atoms with E-state index >= 15 is 0 Å². The monoisotopic (exact) mass is 409 g/mol. The van der Waals surface area contributed by atoms with Crippen molar-refractivity contribution in [1.29, 1.82) is 0 Å². The molecule has 0 radical (unpaired) electrons. The van der Waals surface area contributed by atoms with Crippen molar-refractivity contribution in [2.45, 2.75) is 32.2 Å². The summed E-state index contributed by atoms with van der Waals surface area (Å²) in [4.78, 5) is 50.2. The van der Waals surface area contributed by atoms with Gasteiger partial charge in [0.1, 0.15) is 11.9 Å². The van der Waals surface area contributed by atoms with Gasteiger partial charge in [-0.1, -0.05) is 29.8 Å². The zero-order valence-electron chi connectivity index (χ0n) is 16.3. The number of imide groups is 2. The second-order valence-corrected chi connectivity index (χ2v) is 7.45. The number of piperidine rings is 1. The second-order valence-electron chi connectivity index (χ2n) is 7.45. The molecule has 8 heteroatoms. The normalized spacial score (nSPS) is 18.5. The molecule has 2 aromatic rings. The van der Waals surface area contributed by atoms with Gasteiger partial charge in [0.15, 0.2) is 0 Å². The van der Waals surface area contributed by atoms with Gasteiger partial charge in [0.2, 0.25) is 11.8 Å². The van der Waals surface area contributed by atoms with Crippen molar-refractivity contribution < 1.29 is 23.6 Å². The van der Waals surface area contributed by atoms with E-state index in [1.165, 1.54) is 6.07 Å². The highest BCUT2D eigenvalue weighted by Crippen LogP contribution is 2.34. The first-order valence-electron chi connectivity index (χ1n) is 9.70. The predicted molar refractivity (Wildman–Crippen MR) is 106 cm³/mol. The van der Waals surface area contributed by atoms with Gasteiger partial charge in [-0.3, -0.25) is 29.4 Å². The number of carbonyl (C=O) groups is 4. The molecule has 0 spiro atoms. The van der Waals surface area contributed by atoms with Crippen LogP contribution in [0, 0.1) is 12.7 Å². The molecule has 1 saturated heterocycles. The number of benzene rings is 2. The van der Waals surface area contributed by atoms with E-state index in [0.29, 0.717) is 13.0 Å². The van der Waals surface area contributed by atoms with Crippen LogP contribution in [0.4, 0.5) is 10.1 Å². The first-order valence-corrected chi connectivity index (χ1v) is 9.70. The standard InChI is InChI=1S/C22H20FN3O4/c1-12-2-4-13(5-3-12)10-11-24-19-15(23)7-6-14-18(19)22(30)26(21(14)29)16-8-9-17(27)25-20(16)28/h2-7,16,24H,8-11H2,1H3,(H,25,27,28). The quantitative estimate of drug-likeness (QED) is 0.738. The van der Waals surface area contributed by atoms with Crippen LogP contribution in [0.15, 0.2) is 36.4 Å². The van der Waals surface area contributed by atoms with Gasteiger partial charge in [-0.2, -0.15) is 0 Å². The van der Waals surface area contributed by atoms with Crippen molar-refractivity contribution in [2.75, 3.05) is 11.9 Å². The van der Waals surface area contributed by atoms with Gasteiger partial charge in [-0.05, 0) is 37.5 Å². The molecule has 154 valence electrons. The minimum absolute atomic E-state index is 0.0276. The molecule has 0 aromatic heterocycles. The van der Waals surface area contributed by atoms with Crippen LogP contribution in [-0.2, 0) is 16.0 Å². The third-order valence-electron chi connectivity index (χ3n) is 5.39. The summed E-state index contributed by atoms with van der Waals surface area (Å²) >= 11 is 0. The van der Waals surface area contributed by atoms with Crippen LogP contribution in [0.1, 0.15) is 44.7 Å². The van der Waals surface area contributed by atoms with E-state index in [2.05, 4.69) is 10.6 Å². The molecule has 2 aliphatic rings. The Kier molecular flexibility index (Phi) is 5.07. The largest absolute Gasteiger partial charge is 0.382 e. The van der Waals surface area contributed by atoms with Gasteiger partial charge < -0.3 is 5.32 Å². The molecular weight excluding hydrogens is 389 g/mol. The topological polar surface area (TPSA) is 95.6 Å². The summed E-state index contributed by atoms with van der Waals surface area (Å²) in [6.07, 6.45) is 0.678. The van der Waals surface area contributed by atoms with Gasteiger partial charge >= 0.3 is 0 Å². The van der Waals surface area contributed by atoms with E-state index in [0.717, 1.165) is 22.1 Å². The number of carbonyl (C=O) groups excluding carboxylic acids is 4. The number of fused-ring (bicyclic) bond motifs is 1. The number of halogens is 1. The van der Waals surface area contributed by atoms with Crippen LogP contribution < -0.4 is 10.6 Å². The Labute approximate surface area is 172 Å². The highest BCUT2D eigenvalue weighted by atomic mass is 19.1. The molecule has 2 heterocycles. The number of aryl methyl sites for hydroxylation is 1. The highest BCUT2D eigenvalue weighted by Gasteiger charge is 2.46. The molecule has 30 heavy (non-hydrogen) atoms. The smallest absolute Gasteiger partial charge is 0.264 e. The van der Waals surface area contributed by atoms with Gasteiger partial charge in [-0.15, -0.1) is 0 Å². The second kappa shape index (κ2) is 7.70.